The molecular formula is C17H15F3N5O2-. The fraction of sp³-hybridized carbons (Fsp3) is 0.353. The summed E-state index contributed by atoms with van der Waals surface area (Å²) >= 11 is 0. The van der Waals surface area contributed by atoms with Gasteiger partial charge < -0.3 is 10.3 Å². The molecule has 7 nitrogen and oxygen atoms in total. The first-order chi connectivity index (χ1) is 12.6. The summed E-state index contributed by atoms with van der Waals surface area (Å²) in [6.45, 7) is -0.747. The van der Waals surface area contributed by atoms with Crippen LogP contribution in [0.1, 0.15) is 28.4 Å². The second-order valence-electron chi connectivity index (χ2n) is 6.22. The van der Waals surface area contributed by atoms with Gasteiger partial charge in [-0.2, -0.15) is 23.5 Å². The van der Waals surface area contributed by atoms with Crippen molar-refractivity contribution in [3.8, 4) is 6.07 Å². The number of hydrogen-bond donors (Lipinski definition) is 0. The lowest BCUT2D eigenvalue weighted by molar-refractivity contribution is -0.132. The van der Waals surface area contributed by atoms with E-state index in [1.807, 2.05) is 6.07 Å². The Kier molecular flexibility index (Phi) is 4.67. The van der Waals surface area contributed by atoms with E-state index >= 15 is 0 Å². The van der Waals surface area contributed by atoms with Crippen LogP contribution >= 0.6 is 0 Å². The molecule has 0 spiro atoms. The summed E-state index contributed by atoms with van der Waals surface area (Å²) in [6, 6.07) is 7.16. The molecule has 0 fully saturated rings. The van der Waals surface area contributed by atoms with E-state index in [9.17, 15) is 28.4 Å². The summed E-state index contributed by atoms with van der Waals surface area (Å²) in [5.74, 6) is -1.07. The van der Waals surface area contributed by atoms with Crippen LogP contribution < -0.4 is 4.90 Å². The molecular weight excluding hydrogens is 363 g/mol. The highest BCUT2D eigenvalue weighted by Crippen LogP contribution is 2.41. The number of aryl methyl sites for hydroxylation is 2. The van der Waals surface area contributed by atoms with Gasteiger partial charge in [-0.1, -0.05) is 18.2 Å². The lowest BCUT2D eigenvalue weighted by Gasteiger charge is -2.35. The number of nitriles is 1. The van der Waals surface area contributed by atoms with E-state index in [1.165, 1.54) is 13.1 Å². The predicted molar refractivity (Wildman–Crippen MR) is 89.4 cm³/mol. The van der Waals surface area contributed by atoms with Crippen LogP contribution in [0.4, 0.5) is 19.0 Å². The summed E-state index contributed by atoms with van der Waals surface area (Å²) in [5.41, 5.74) is 1.02. The third-order valence-electron chi connectivity index (χ3n) is 4.36. The molecule has 1 aromatic carbocycles. The fourth-order valence-corrected chi connectivity index (χ4v) is 3.36. The molecule has 1 unspecified atom stereocenters. The topological polar surface area (TPSA) is 88.2 Å². The van der Waals surface area contributed by atoms with Crippen molar-refractivity contribution in [2.75, 3.05) is 18.0 Å². The number of halogens is 3. The molecule has 1 atom stereocenters. The number of carbonyl (C=O) groups excluding carboxylic acids is 1. The number of fused-ring (bicyclic) bond motifs is 1. The molecule has 2 heterocycles. The van der Waals surface area contributed by atoms with Crippen molar-refractivity contribution in [3.63, 3.8) is 0 Å². The molecule has 0 saturated carbocycles. The van der Waals surface area contributed by atoms with Crippen molar-refractivity contribution in [1.82, 2.24) is 14.8 Å². The second-order valence-corrected chi connectivity index (χ2v) is 6.22. The average Bonchev–Trinajstić information content (AvgIpc) is 2.80. The van der Waals surface area contributed by atoms with Gasteiger partial charge in [0.25, 0.3) is 0 Å². The van der Waals surface area contributed by atoms with E-state index in [0.29, 0.717) is 21.2 Å². The van der Waals surface area contributed by atoms with Crippen LogP contribution in [0.2, 0.25) is 0 Å². The van der Waals surface area contributed by atoms with Crippen molar-refractivity contribution >= 4 is 11.7 Å². The van der Waals surface area contributed by atoms with Gasteiger partial charge in [0.2, 0.25) is 5.91 Å². The minimum Gasteiger partial charge on any atom is -0.784 e. The largest absolute Gasteiger partial charge is 0.784 e. The highest BCUT2D eigenvalue weighted by Gasteiger charge is 2.41. The standard InChI is InChI=1S/C17H15F3N5O2/c1-10-14-15(12-6-4-3-5-11(12)7-21)25(27)8-13(26)24(9-17(18,19)20)16(14)23(2)22-10/h3-6,15H,8-9H2,1-2H3/q-1. The Balaban J connectivity index is 2.26. The number of nitrogens with zero attached hydrogens (tertiary/aromatic N) is 5. The normalized spacial score (nSPS) is 18.2. The smallest absolute Gasteiger partial charge is 0.406 e. The number of aromatic nitrogens is 2. The van der Waals surface area contributed by atoms with Crippen molar-refractivity contribution in [2.45, 2.75) is 19.1 Å². The maximum atomic E-state index is 13.1. The molecule has 1 aliphatic rings. The Morgan fingerprint density at radius 2 is 2.04 bits per heavy atom. The molecule has 2 aromatic rings. The Bertz CT molecular complexity index is 932. The van der Waals surface area contributed by atoms with Crippen LogP contribution in [-0.2, 0) is 11.8 Å². The van der Waals surface area contributed by atoms with Crippen LogP contribution in [0, 0.1) is 23.5 Å². The van der Waals surface area contributed by atoms with Crippen LogP contribution in [0.3, 0.4) is 0 Å². The molecule has 0 bridgehead atoms. The number of amides is 1. The number of hydrogen-bond acceptors (Lipinski definition) is 5. The van der Waals surface area contributed by atoms with E-state index < -0.39 is 31.2 Å². The van der Waals surface area contributed by atoms with Gasteiger partial charge in [0, 0.05) is 12.6 Å². The molecule has 1 aromatic heterocycles. The maximum absolute atomic E-state index is 13.1. The molecule has 10 heteroatoms. The third kappa shape index (κ3) is 3.39. The maximum Gasteiger partial charge on any atom is 0.406 e. The monoisotopic (exact) mass is 378 g/mol. The molecule has 27 heavy (non-hydrogen) atoms. The van der Waals surface area contributed by atoms with Gasteiger partial charge in [0.15, 0.2) is 0 Å². The van der Waals surface area contributed by atoms with Crippen molar-refractivity contribution in [2.24, 2.45) is 7.05 Å². The van der Waals surface area contributed by atoms with Crippen LogP contribution in [0.15, 0.2) is 24.3 Å². The predicted octanol–water partition coefficient (Wildman–Crippen LogP) is 2.40. The number of carbonyl (C=O) groups is 1. The highest BCUT2D eigenvalue weighted by atomic mass is 19.4. The minimum absolute atomic E-state index is 0.0917. The van der Waals surface area contributed by atoms with Gasteiger partial charge in [-0.3, -0.25) is 14.4 Å². The van der Waals surface area contributed by atoms with Crippen molar-refractivity contribution in [3.05, 3.63) is 51.9 Å². The molecule has 142 valence electrons. The number of hydroxylamine groups is 2. The van der Waals surface area contributed by atoms with E-state index in [4.69, 9.17) is 0 Å². The molecule has 1 amide bonds. The quantitative estimate of drug-likeness (QED) is 0.801. The van der Waals surface area contributed by atoms with Crippen LogP contribution in [0.25, 0.3) is 0 Å². The molecule has 0 N–H and O–H groups in total. The lowest BCUT2D eigenvalue weighted by atomic mass is 9.94. The molecule has 3 rings (SSSR count). The molecule has 1 aliphatic heterocycles. The second kappa shape index (κ2) is 6.68. The summed E-state index contributed by atoms with van der Waals surface area (Å²) in [7, 11) is 1.41. The summed E-state index contributed by atoms with van der Waals surface area (Å²) in [6.07, 6.45) is -4.65. The highest BCUT2D eigenvalue weighted by molar-refractivity contribution is 5.96. The van der Waals surface area contributed by atoms with E-state index in [2.05, 4.69) is 5.10 Å². The zero-order valence-electron chi connectivity index (χ0n) is 14.5. The van der Waals surface area contributed by atoms with Gasteiger partial charge in [-0.15, -0.1) is 0 Å². The van der Waals surface area contributed by atoms with Gasteiger partial charge in [0.1, 0.15) is 12.4 Å². The summed E-state index contributed by atoms with van der Waals surface area (Å²) < 4.78 is 40.3. The fourth-order valence-electron chi connectivity index (χ4n) is 3.36. The summed E-state index contributed by atoms with van der Waals surface area (Å²) in [5, 5.41) is 26.7. The number of alkyl halides is 3. The van der Waals surface area contributed by atoms with Crippen molar-refractivity contribution < 1.29 is 18.0 Å². The Morgan fingerprint density at radius 3 is 2.67 bits per heavy atom. The first-order valence-electron chi connectivity index (χ1n) is 7.97. The Labute approximate surface area is 152 Å². The van der Waals surface area contributed by atoms with E-state index in [1.54, 1.807) is 25.1 Å². The van der Waals surface area contributed by atoms with Gasteiger partial charge in [-0.05, 0) is 18.6 Å². The SMILES string of the molecule is Cc1nn(C)c2c1C(c1ccccc1C#N)N([O-])CC(=O)N2CC(F)(F)F. The van der Waals surface area contributed by atoms with Crippen molar-refractivity contribution in [1.29, 1.82) is 5.26 Å². The summed E-state index contributed by atoms with van der Waals surface area (Å²) in [4.78, 5) is 13.0. The van der Waals surface area contributed by atoms with Gasteiger partial charge in [-0.25, -0.2) is 0 Å². The van der Waals surface area contributed by atoms with Crippen LogP contribution in [0.5, 0.6) is 0 Å². The first kappa shape index (κ1) is 18.9. The Morgan fingerprint density at radius 1 is 1.37 bits per heavy atom. The Hall–Kier alpha value is -2.90. The number of anilines is 1. The van der Waals surface area contributed by atoms with Crippen LogP contribution in [-0.4, -0.2) is 40.0 Å². The van der Waals surface area contributed by atoms with Gasteiger partial charge >= 0.3 is 6.18 Å². The van der Waals surface area contributed by atoms with Gasteiger partial charge in [0.05, 0.1) is 29.9 Å². The minimum atomic E-state index is -4.65. The molecule has 0 saturated heterocycles. The first-order valence-corrected chi connectivity index (χ1v) is 7.97. The zero-order chi connectivity index (χ0) is 19.9. The number of rotatable bonds is 2. The third-order valence-corrected chi connectivity index (χ3v) is 4.36. The molecule has 0 radical (unpaired) electrons. The van der Waals surface area contributed by atoms with E-state index in [0.717, 1.165) is 4.68 Å². The average molecular weight is 378 g/mol. The van der Waals surface area contributed by atoms with E-state index in [-0.39, 0.29) is 16.9 Å². The zero-order valence-corrected chi connectivity index (χ0v) is 14.5. The molecule has 0 aliphatic carbocycles. The lowest BCUT2D eigenvalue weighted by Crippen LogP contribution is -2.43. The number of benzene rings is 1.